The molecule has 5 heteroatoms. The number of aryl methyl sites for hydroxylation is 1. The Labute approximate surface area is 98.9 Å². The van der Waals surface area contributed by atoms with E-state index in [1.54, 1.807) is 0 Å². The average Bonchev–Trinajstić information content (AvgIpc) is 2.29. The third-order valence-corrected chi connectivity index (χ3v) is 2.57. The van der Waals surface area contributed by atoms with Crippen LogP contribution in [0.3, 0.4) is 0 Å². The molecule has 1 unspecified atom stereocenters. The quantitative estimate of drug-likeness (QED) is 0.575. The SMILES string of the molecule is NC1CCc2ccccc2C1.O=C(O)C(=O)O. The molecule has 17 heavy (non-hydrogen) atoms. The van der Waals surface area contributed by atoms with Gasteiger partial charge in [-0.1, -0.05) is 24.3 Å². The van der Waals surface area contributed by atoms with Crippen molar-refractivity contribution in [2.24, 2.45) is 5.73 Å². The van der Waals surface area contributed by atoms with E-state index in [-0.39, 0.29) is 0 Å². The highest BCUT2D eigenvalue weighted by molar-refractivity contribution is 6.27. The summed E-state index contributed by atoms with van der Waals surface area (Å²) in [5, 5.41) is 14.8. The molecule has 0 saturated heterocycles. The second-order valence-corrected chi connectivity index (χ2v) is 3.88. The Kier molecular flexibility index (Phi) is 4.66. The minimum absolute atomic E-state index is 0.393. The van der Waals surface area contributed by atoms with Crippen molar-refractivity contribution in [3.8, 4) is 0 Å². The number of hydrogen-bond donors (Lipinski definition) is 3. The predicted molar refractivity (Wildman–Crippen MR) is 61.7 cm³/mol. The van der Waals surface area contributed by atoms with E-state index in [9.17, 15) is 0 Å². The number of nitrogens with two attached hydrogens (primary N) is 1. The number of rotatable bonds is 0. The topological polar surface area (TPSA) is 101 Å². The van der Waals surface area contributed by atoms with Crippen molar-refractivity contribution < 1.29 is 19.8 Å². The molecule has 0 radical (unpaired) electrons. The van der Waals surface area contributed by atoms with Crippen LogP contribution in [0.25, 0.3) is 0 Å². The lowest BCUT2D eigenvalue weighted by molar-refractivity contribution is -0.159. The first-order chi connectivity index (χ1) is 8.00. The van der Waals surface area contributed by atoms with Crippen LogP contribution in [0.1, 0.15) is 17.5 Å². The van der Waals surface area contributed by atoms with E-state index in [4.69, 9.17) is 25.5 Å². The van der Waals surface area contributed by atoms with Gasteiger partial charge in [-0.05, 0) is 30.4 Å². The summed E-state index contributed by atoms with van der Waals surface area (Å²) in [7, 11) is 0. The molecule has 0 bridgehead atoms. The maximum Gasteiger partial charge on any atom is 0.414 e. The van der Waals surface area contributed by atoms with E-state index >= 15 is 0 Å². The van der Waals surface area contributed by atoms with Gasteiger partial charge in [-0.3, -0.25) is 0 Å². The number of carboxylic acids is 2. The van der Waals surface area contributed by atoms with Crippen molar-refractivity contribution in [2.45, 2.75) is 25.3 Å². The Morgan fingerprint density at radius 3 is 2.18 bits per heavy atom. The molecule has 0 saturated carbocycles. The first kappa shape index (κ1) is 13.2. The molecule has 1 aliphatic carbocycles. The van der Waals surface area contributed by atoms with Crippen molar-refractivity contribution in [1.82, 2.24) is 0 Å². The van der Waals surface area contributed by atoms with Crippen molar-refractivity contribution in [3.63, 3.8) is 0 Å². The van der Waals surface area contributed by atoms with Gasteiger partial charge in [0.2, 0.25) is 0 Å². The highest BCUT2D eigenvalue weighted by atomic mass is 16.4. The van der Waals surface area contributed by atoms with Gasteiger partial charge in [0.1, 0.15) is 0 Å². The molecule has 1 atom stereocenters. The van der Waals surface area contributed by atoms with Crippen LogP contribution in [0.4, 0.5) is 0 Å². The van der Waals surface area contributed by atoms with Gasteiger partial charge in [0.15, 0.2) is 0 Å². The Bertz CT molecular complexity index is 405. The number of carbonyl (C=O) groups is 2. The lowest BCUT2D eigenvalue weighted by atomic mass is 9.89. The monoisotopic (exact) mass is 237 g/mol. The smallest absolute Gasteiger partial charge is 0.414 e. The third kappa shape index (κ3) is 4.24. The summed E-state index contributed by atoms with van der Waals surface area (Å²) >= 11 is 0. The van der Waals surface area contributed by atoms with Gasteiger partial charge < -0.3 is 15.9 Å². The van der Waals surface area contributed by atoms with Crippen LogP contribution in [0.15, 0.2) is 24.3 Å². The van der Waals surface area contributed by atoms with Gasteiger partial charge in [0.25, 0.3) is 0 Å². The van der Waals surface area contributed by atoms with Crippen LogP contribution >= 0.6 is 0 Å². The lowest BCUT2D eigenvalue weighted by Crippen LogP contribution is -2.27. The number of fused-ring (bicyclic) bond motifs is 1. The van der Waals surface area contributed by atoms with Crippen LogP contribution in [0.2, 0.25) is 0 Å². The average molecular weight is 237 g/mol. The summed E-state index contributed by atoms with van der Waals surface area (Å²) in [5.74, 6) is -3.65. The molecule has 4 N–H and O–H groups in total. The third-order valence-electron chi connectivity index (χ3n) is 2.57. The lowest BCUT2D eigenvalue weighted by Gasteiger charge is -2.20. The van der Waals surface area contributed by atoms with Gasteiger partial charge in [0, 0.05) is 6.04 Å². The summed E-state index contributed by atoms with van der Waals surface area (Å²) in [5.41, 5.74) is 8.79. The molecule has 2 rings (SSSR count). The van der Waals surface area contributed by atoms with Crippen LogP contribution in [-0.4, -0.2) is 28.2 Å². The fourth-order valence-electron chi connectivity index (χ4n) is 1.73. The molecule has 1 aliphatic rings. The van der Waals surface area contributed by atoms with E-state index in [0.29, 0.717) is 6.04 Å². The Balaban J connectivity index is 0.000000209. The zero-order chi connectivity index (χ0) is 12.8. The Morgan fingerprint density at radius 1 is 1.12 bits per heavy atom. The van der Waals surface area contributed by atoms with E-state index in [1.165, 1.54) is 11.1 Å². The molecule has 0 aromatic heterocycles. The van der Waals surface area contributed by atoms with E-state index in [1.807, 2.05) is 0 Å². The first-order valence-corrected chi connectivity index (χ1v) is 5.29. The minimum atomic E-state index is -1.82. The summed E-state index contributed by atoms with van der Waals surface area (Å²) in [6, 6.07) is 8.99. The van der Waals surface area contributed by atoms with E-state index < -0.39 is 11.9 Å². The van der Waals surface area contributed by atoms with Crippen molar-refractivity contribution >= 4 is 11.9 Å². The molecule has 1 aromatic carbocycles. The van der Waals surface area contributed by atoms with Gasteiger partial charge in [0.05, 0.1) is 0 Å². The molecule has 0 amide bonds. The fraction of sp³-hybridized carbons (Fsp3) is 0.333. The van der Waals surface area contributed by atoms with Crippen molar-refractivity contribution in [2.75, 3.05) is 0 Å². The summed E-state index contributed by atoms with van der Waals surface area (Å²) in [4.78, 5) is 18.2. The second-order valence-electron chi connectivity index (χ2n) is 3.88. The molecule has 5 nitrogen and oxygen atoms in total. The summed E-state index contributed by atoms with van der Waals surface area (Å²) < 4.78 is 0. The van der Waals surface area contributed by atoms with Crippen LogP contribution < -0.4 is 5.73 Å². The molecular formula is C12H15NO4. The molecule has 1 aromatic rings. The first-order valence-electron chi connectivity index (χ1n) is 5.29. The van der Waals surface area contributed by atoms with E-state index in [2.05, 4.69) is 24.3 Å². The largest absolute Gasteiger partial charge is 0.473 e. The van der Waals surface area contributed by atoms with Gasteiger partial charge >= 0.3 is 11.9 Å². The zero-order valence-corrected chi connectivity index (χ0v) is 9.30. The van der Waals surface area contributed by atoms with Crippen LogP contribution in [0.5, 0.6) is 0 Å². The van der Waals surface area contributed by atoms with Crippen molar-refractivity contribution in [3.05, 3.63) is 35.4 Å². The Morgan fingerprint density at radius 2 is 1.65 bits per heavy atom. The maximum atomic E-state index is 9.10. The summed E-state index contributed by atoms with van der Waals surface area (Å²) in [6.07, 6.45) is 3.38. The maximum absolute atomic E-state index is 9.10. The summed E-state index contributed by atoms with van der Waals surface area (Å²) in [6.45, 7) is 0. The molecule has 92 valence electrons. The minimum Gasteiger partial charge on any atom is -0.473 e. The molecule has 0 fully saturated rings. The molecular weight excluding hydrogens is 222 g/mol. The number of benzene rings is 1. The van der Waals surface area contributed by atoms with Gasteiger partial charge in [-0.2, -0.15) is 0 Å². The number of carboxylic acid groups (broad SMARTS) is 2. The number of aliphatic carboxylic acids is 2. The zero-order valence-electron chi connectivity index (χ0n) is 9.30. The highest BCUT2D eigenvalue weighted by Gasteiger charge is 2.13. The molecule has 0 aliphatic heterocycles. The molecule has 0 spiro atoms. The van der Waals surface area contributed by atoms with Crippen LogP contribution in [-0.2, 0) is 22.4 Å². The second kappa shape index (κ2) is 6.00. The predicted octanol–water partition coefficient (Wildman–Crippen LogP) is 0.658. The number of hydrogen-bond acceptors (Lipinski definition) is 3. The highest BCUT2D eigenvalue weighted by Crippen LogP contribution is 2.19. The van der Waals surface area contributed by atoms with Crippen molar-refractivity contribution in [1.29, 1.82) is 0 Å². The Hall–Kier alpha value is -1.88. The standard InChI is InChI=1S/C10H13N.C2H2O4/c11-10-6-5-8-3-1-2-4-9(8)7-10;3-1(4)2(5)6/h1-4,10H,5-7,11H2;(H,3,4)(H,5,6). The van der Waals surface area contributed by atoms with Gasteiger partial charge in [-0.25, -0.2) is 9.59 Å². The van der Waals surface area contributed by atoms with Crippen LogP contribution in [0, 0.1) is 0 Å². The fourth-order valence-corrected chi connectivity index (χ4v) is 1.73. The molecule has 0 heterocycles. The normalized spacial score (nSPS) is 17.4. The van der Waals surface area contributed by atoms with Gasteiger partial charge in [-0.15, -0.1) is 0 Å². The van der Waals surface area contributed by atoms with E-state index in [0.717, 1.165) is 19.3 Å².